The van der Waals surface area contributed by atoms with Crippen molar-refractivity contribution >= 4 is 40.9 Å². The van der Waals surface area contributed by atoms with Gasteiger partial charge >= 0.3 is 5.97 Å². The molecule has 0 radical (unpaired) electrons. The number of aromatic nitrogens is 1. The maximum absolute atomic E-state index is 12.5. The van der Waals surface area contributed by atoms with Crippen molar-refractivity contribution in [2.24, 2.45) is 0 Å². The number of carbonyl (C=O) groups excluding carboxylic acids is 1. The quantitative estimate of drug-likeness (QED) is 0.314. The van der Waals surface area contributed by atoms with Crippen LogP contribution in [0.4, 0.5) is 5.82 Å². The Hall–Kier alpha value is -3.29. The molecule has 4 rings (SSSR count). The predicted molar refractivity (Wildman–Crippen MR) is 140 cm³/mol. The molecule has 1 aliphatic rings. The molecular weight excluding hydrogens is 501 g/mol. The van der Waals surface area contributed by atoms with Gasteiger partial charge in [0.15, 0.2) is 0 Å². The first-order chi connectivity index (χ1) is 17.4. The lowest BCUT2D eigenvalue weighted by Gasteiger charge is -2.17. The summed E-state index contributed by atoms with van der Waals surface area (Å²) in [5, 5.41) is 16.1. The van der Waals surface area contributed by atoms with Gasteiger partial charge in [0, 0.05) is 34.3 Å². The number of hydrogen-bond donors (Lipinski definition) is 3. The number of carboxylic acid groups (broad SMARTS) is 1. The number of pyridine rings is 1. The molecular formula is C27H27Cl2N3O4. The van der Waals surface area contributed by atoms with Gasteiger partial charge in [0.1, 0.15) is 17.6 Å². The van der Waals surface area contributed by atoms with Gasteiger partial charge in [-0.05, 0) is 73.2 Å². The van der Waals surface area contributed by atoms with E-state index in [1.54, 1.807) is 24.3 Å². The van der Waals surface area contributed by atoms with Gasteiger partial charge < -0.3 is 20.5 Å². The van der Waals surface area contributed by atoms with E-state index in [1.807, 2.05) is 0 Å². The van der Waals surface area contributed by atoms with E-state index in [9.17, 15) is 14.7 Å². The minimum atomic E-state index is -1.14. The van der Waals surface area contributed by atoms with Crippen molar-refractivity contribution in [2.75, 3.05) is 18.5 Å². The number of ether oxygens (including phenoxy) is 1. The van der Waals surface area contributed by atoms with Crippen LogP contribution >= 0.6 is 23.2 Å². The summed E-state index contributed by atoms with van der Waals surface area (Å²) in [4.78, 5) is 29.0. The van der Waals surface area contributed by atoms with E-state index >= 15 is 0 Å². The largest absolute Gasteiger partial charge is 0.494 e. The molecule has 0 spiro atoms. The second-order valence-electron chi connectivity index (χ2n) is 8.66. The summed E-state index contributed by atoms with van der Waals surface area (Å²) in [5.41, 5.74) is 3.28. The lowest BCUT2D eigenvalue weighted by Crippen LogP contribution is -2.42. The number of benzene rings is 2. The normalized spacial score (nSPS) is 13.3. The number of nitrogens with zero attached hydrogens (tertiary/aromatic N) is 1. The zero-order valence-electron chi connectivity index (χ0n) is 19.6. The average Bonchev–Trinajstić information content (AvgIpc) is 2.86. The zero-order chi connectivity index (χ0) is 25.5. The van der Waals surface area contributed by atoms with Crippen LogP contribution in [0.1, 0.15) is 40.0 Å². The SMILES string of the molecule is O=C(N[C@H](Cc1ccc(OCCCc2ccc3c(n2)NCCC3)cc1)C(=O)O)c1cc(Cl)cc(Cl)c1. The Balaban J connectivity index is 1.26. The smallest absolute Gasteiger partial charge is 0.326 e. The van der Waals surface area contributed by atoms with Gasteiger partial charge in [-0.2, -0.15) is 0 Å². The van der Waals surface area contributed by atoms with Crippen LogP contribution in [0.15, 0.2) is 54.6 Å². The van der Waals surface area contributed by atoms with Gasteiger partial charge in [-0.25, -0.2) is 9.78 Å². The van der Waals surface area contributed by atoms with Crippen LogP contribution in [-0.4, -0.2) is 41.2 Å². The maximum atomic E-state index is 12.5. The molecule has 3 N–H and O–H groups in total. The van der Waals surface area contributed by atoms with Gasteiger partial charge in [0.25, 0.3) is 5.91 Å². The number of carboxylic acids is 1. The summed E-state index contributed by atoms with van der Waals surface area (Å²) >= 11 is 11.9. The summed E-state index contributed by atoms with van der Waals surface area (Å²) in [5.74, 6) is 0.00418. The standard InChI is InChI=1S/C27H27Cl2N3O4/c28-20-14-19(15-21(29)16-20)26(33)32-24(27(34)35)13-17-5-9-23(10-6-17)36-12-2-4-22-8-7-18-3-1-11-30-25(18)31-22/h5-10,14-16,24H,1-4,11-13H2,(H,30,31)(H,32,33)(H,34,35)/t24-/m1/s1. The Labute approximate surface area is 219 Å². The first-order valence-electron chi connectivity index (χ1n) is 11.8. The minimum absolute atomic E-state index is 0.119. The number of fused-ring (bicyclic) bond motifs is 1. The monoisotopic (exact) mass is 527 g/mol. The fourth-order valence-electron chi connectivity index (χ4n) is 4.04. The van der Waals surface area contributed by atoms with Crippen LogP contribution in [0.3, 0.4) is 0 Å². The molecule has 7 nitrogen and oxygen atoms in total. The molecule has 1 amide bonds. The lowest BCUT2D eigenvalue weighted by molar-refractivity contribution is -0.139. The van der Waals surface area contributed by atoms with Crippen molar-refractivity contribution in [3.63, 3.8) is 0 Å². The van der Waals surface area contributed by atoms with Crippen molar-refractivity contribution in [1.29, 1.82) is 0 Å². The van der Waals surface area contributed by atoms with E-state index in [2.05, 4.69) is 22.8 Å². The summed E-state index contributed by atoms with van der Waals surface area (Å²) in [6, 6.07) is 14.7. The Kier molecular flexibility index (Phi) is 8.67. The number of halogens is 2. The maximum Gasteiger partial charge on any atom is 0.326 e. The molecule has 9 heteroatoms. The first kappa shape index (κ1) is 25.8. The average molecular weight is 528 g/mol. The Morgan fingerprint density at radius 3 is 2.56 bits per heavy atom. The number of amides is 1. The van der Waals surface area contributed by atoms with Crippen molar-refractivity contribution in [3.8, 4) is 5.75 Å². The molecule has 0 saturated carbocycles. The fourth-order valence-corrected chi connectivity index (χ4v) is 4.56. The topological polar surface area (TPSA) is 101 Å². The van der Waals surface area contributed by atoms with Crippen LogP contribution in [0.25, 0.3) is 0 Å². The summed E-state index contributed by atoms with van der Waals surface area (Å²) in [6.07, 6.45) is 3.99. The molecule has 0 aliphatic carbocycles. The van der Waals surface area contributed by atoms with Crippen LogP contribution < -0.4 is 15.4 Å². The first-order valence-corrected chi connectivity index (χ1v) is 12.6. The van der Waals surface area contributed by atoms with Gasteiger partial charge in [0.2, 0.25) is 0 Å². The van der Waals surface area contributed by atoms with Gasteiger partial charge in [-0.15, -0.1) is 0 Å². The molecule has 1 aliphatic heterocycles. The van der Waals surface area contributed by atoms with Gasteiger partial charge in [0.05, 0.1) is 6.61 Å². The molecule has 0 bridgehead atoms. The van der Waals surface area contributed by atoms with E-state index in [4.69, 9.17) is 32.9 Å². The van der Waals surface area contributed by atoms with Crippen LogP contribution in [0, 0.1) is 0 Å². The van der Waals surface area contributed by atoms with E-state index < -0.39 is 17.9 Å². The van der Waals surface area contributed by atoms with Crippen LogP contribution in [-0.2, 0) is 24.1 Å². The fraction of sp³-hybridized carbons (Fsp3) is 0.296. The molecule has 188 valence electrons. The van der Waals surface area contributed by atoms with E-state index in [-0.39, 0.29) is 12.0 Å². The number of rotatable bonds is 10. The third-order valence-electron chi connectivity index (χ3n) is 5.89. The number of hydrogen-bond acceptors (Lipinski definition) is 5. The second-order valence-corrected chi connectivity index (χ2v) is 9.54. The number of aliphatic carboxylic acids is 1. The van der Waals surface area contributed by atoms with Gasteiger partial charge in [-0.1, -0.05) is 41.4 Å². The predicted octanol–water partition coefficient (Wildman–Crippen LogP) is 5.18. The van der Waals surface area contributed by atoms with E-state index in [0.29, 0.717) is 22.4 Å². The number of carbonyl (C=O) groups is 2. The van der Waals surface area contributed by atoms with Crippen molar-refractivity contribution in [2.45, 2.75) is 38.1 Å². The number of aryl methyl sites for hydroxylation is 2. The molecule has 3 aromatic rings. The van der Waals surface area contributed by atoms with Crippen LogP contribution in [0.5, 0.6) is 5.75 Å². The third-order valence-corrected chi connectivity index (χ3v) is 6.33. The molecule has 2 aromatic carbocycles. The highest BCUT2D eigenvalue weighted by atomic mass is 35.5. The highest BCUT2D eigenvalue weighted by Gasteiger charge is 2.21. The molecule has 2 heterocycles. The van der Waals surface area contributed by atoms with Crippen molar-refractivity contribution in [1.82, 2.24) is 10.3 Å². The number of nitrogens with one attached hydrogen (secondary N) is 2. The number of anilines is 1. The summed E-state index contributed by atoms with van der Waals surface area (Å²) in [7, 11) is 0. The second kappa shape index (κ2) is 12.1. The van der Waals surface area contributed by atoms with Crippen LogP contribution in [0.2, 0.25) is 10.0 Å². The van der Waals surface area contributed by atoms with E-state index in [0.717, 1.165) is 49.3 Å². The molecule has 36 heavy (non-hydrogen) atoms. The molecule has 1 atom stereocenters. The molecule has 0 fully saturated rings. The molecule has 0 saturated heterocycles. The molecule has 0 unspecified atom stereocenters. The van der Waals surface area contributed by atoms with Gasteiger partial charge in [-0.3, -0.25) is 4.79 Å². The Morgan fingerprint density at radius 2 is 1.83 bits per heavy atom. The Bertz CT molecular complexity index is 1210. The van der Waals surface area contributed by atoms with Crippen molar-refractivity contribution < 1.29 is 19.4 Å². The van der Waals surface area contributed by atoms with E-state index in [1.165, 1.54) is 23.8 Å². The summed E-state index contributed by atoms with van der Waals surface area (Å²) in [6.45, 7) is 1.51. The summed E-state index contributed by atoms with van der Waals surface area (Å²) < 4.78 is 5.84. The highest BCUT2D eigenvalue weighted by Crippen LogP contribution is 2.21. The zero-order valence-corrected chi connectivity index (χ0v) is 21.1. The minimum Gasteiger partial charge on any atom is -0.494 e. The van der Waals surface area contributed by atoms with Crippen molar-refractivity contribution in [3.05, 3.63) is 87.0 Å². The third kappa shape index (κ3) is 7.12. The lowest BCUT2D eigenvalue weighted by atomic mass is 10.1. The molecule has 1 aromatic heterocycles. The Morgan fingerprint density at radius 1 is 1.08 bits per heavy atom. The highest BCUT2D eigenvalue weighted by molar-refractivity contribution is 6.35.